The van der Waals surface area contributed by atoms with Crippen molar-refractivity contribution in [2.75, 3.05) is 18.5 Å². The van der Waals surface area contributed by atoms with Crippen LogP contribution in [0.25, 0.3) is 0 Å². The number of nitrogens with zero attached hydrogens (tertiary/aromatic N) is 1. The molecule has 1 aromatic carbocycles. The van der Waals surface area contributed by atoms with E-state index in [1.165, 1.54) is 49.8 Å². The Morgan fingerprint density at radius 3 is 2.83 bits per heavy atom. The monoisotopic (exact) mass is 244 g/mol. The molecule has 0 spiro atoms. The van der Waals surface area contributed by atoms with Gasteiger partial charge < -0.3 is 10.2 Å². The van der Waals surface area contributed by atoms with Crippen LogP contribution in [0.15, 0.2) is 18.2 Å². The number of hydrogen-bond acceptors (Lipinski definition) is 2. The molecule has 2 heteroatoms. The summed E-state index contributed by atoms with van der Waals surface area (Å²) in [5.41, 5.74) is 4.58. The van der Waals surface area contributed by atoms with Crippen LogP contribution in [0.3, 0.4) is 0 Å². The molecule has 0 radical (unpaired) electrons. The van der Waals surface area contributed by atoms with Crippen molar-refractivity contribution in [2.24, 2.45) is 0 Å². The van der Waals surface area contributed by atoms with Gasteiger partial charge in [0.25, 0.3) is 0 Å². The van der Waals surface area contributed by atoms with Gasteiger partial charge in [-0.2, -0.15) is 0 Å². The van der Waals surface area contributed by atoms with Gasteiger partial charge in [-0.25, -0.2) is 0 Å². The largest absolute Gasteiger partial charge is 0.371 e. The van der Waals surface area contributed by atoms with E-state index >= 15 is 0 Å². The summed E-state index contributed by atoms with van der Waals surface area (Å²) in [5, 5.41) is 3.47. The summed E-state index contributed by atoms with van der Waals surface area (Å²) >= 11 is 0. The Bertz CT molecular complexity index is 408. The van der Waals surface area contributed by atoms with Crippen LogP contribution >= 0.6 is 0 Å². The van der Waals surface area contributed by atoms with Crippen molar-refractivity contribution < 1.29 is 0 Å². The third-order valence-electron chi connectivity index (χ3n) is 4.62. The van der Waals surface area contributed by atoms with Crippen molar-refractivity contribution in [1.82, 2.24) is 5.32 Å². The van der Waals surface area contributed by atoms with E-state index in [1.807, 2.05) is 0 Å². The molecule has 0 bridgehead atoms. The average molecular weight is 244 g/mol. The van der Waals surface area contributed by atoms with E-state index in [1.54, 1.807) is 5.56 Å². The zero-order valence-corrected chi connectivity index (χ0v) is 11.4. The topological polar surface area (TPSA) is 15.3 Å². The molecule has 3 rings (SSSR count). The summed E-state index contributed by atoms with van der Waals surface area (Å²) in [6, 6.07) is 7.58. The highest BCUT2D eigenvalue weighted by molar-refractivity contribution is 5.58. The minimum Gasteiger partial charge on any atom is -0.371 e. The molecule has 0 unspecified atom stereocenters. The van der Waals surface area contributed by atoms with E-state index in [4.69, 9.17) is 0 Å². The number of anilines is 1. The van der Waals surface area contributed by atoms with Crippen molar-refractivity contribution in [3.63, 3.8) is 0 Å². The molecular weight excluding hydrogens is 220 g/mol. The predicted octanol–water partition coefficient (Wildman–Crippen LogP) is 3.10. The van der Waals surface area contributed by atoms with Crippen LogP contribution in [-0.4, -0.2) is 19.6 Å². The van der Waals surface area contributed by atoms with E-state index in [0.717, 1.165) is 19.1 Å². The van der Waals surface area contributed by atoms with Crippen molar-refractivity contribution in [2.45, 2.75) is 51.1 Å². The number of nitrogens with one attached hydrogen (secondary N) is 1. The standard InChI is InChI=1S/C16H24N2/c1-18(14-7-3-2-4-8-14)16-9-5-6-13-12-17-11-10-15(13)16/h5-6,9,14,17H,2-4,7-8,10-12H2,1H3. The lowest BCUT2D eigenvalue weighted by atomic mass is 9.92. The third-order valence-corrected chi connectivity index (χ3v) is 4.62. The van der Waals surface area contributed by atoms with Crippen molar-refractivity contribution in [1.29, 1.82) is 0 Å². The highest BCUT2D eigenvalue weighted by Gasteiger charge is 2.21. The second kappa shape index (κ2) is 5.31. The second-order valence-corrected chi connectivity index (χ2v) is 5.74. The molecule has 1 heterocycles. The first-order valence-corrected chi connectivity index (χ1v) is 7.40. The molecule has 0 saturated heterocycles. The first kappa shape index (κ1) is 12.0. The zero-order valence-electron chi connectivity index (χ0n) is 11.4. The first-order chi connectivity index (χ1) is 8.86. The Kier molecular flexibility index (Phi) is 3.55. The van der Waals surface area contributed by atoms with Crippen LogP contribution in [0.5, 0.6) is 0 Å². The molecule has 0 amide bonds. The van der Waals surface area contributed by atoms with Gasteiger partial charge in [-0.15, -0.1) is 0 Å². The fourth-order valence-corrected chi connectivity index (χ4v) is 3.51. The van der Waals surface area contributed by atoms with Crippen molar-refractivity contribution >= 4 is 5.69 Å². The van der Waals surface area contributed by atoms with Crippen molar-refractivity contribution in [3.05, 3.63) is 29.3 Å². The highest BCUT2D eigenvalue weighted by Crippen LogP contribution is 2.31. The molecule has 1 fully saturated rings. The van der Waals surface area contributed by atoms with Gasteiger partial charge in [-0.3, -0.25) is 0 Å². The fraction of sp³-hybridized carbons (Fsp3) is 0.625. The van der Waals surface area contributed by atoms with Crippen LogP contribution < -0.4 is 10.2 Å². The SMILES string of the molecule is CN(c1cccc2c1CCNC2)C1CCCCC1. The first-order valence-electron chi connectivity index (χ1n) is 7.40. The number of benzene rings is 1. The normalized spacial score (nSPS) is 20.5. The van der Waals surface area contributed by atoms with Gasteiger partial charge in [0.05, 0.1) is 0 Å². The Balaban J connectivity index is 1.86. The van der Waals surface area contributed by atoms with Gasteiger partial charge >= 0.3 is 0 Å². The van der Waals surface area contributed by atoms with E-state index in [9.17, 15) is 0 Å². The highest BCUT2D eigenvalue weighted by atomic mass is 15.1. The van der Waals surface area contributed by atoms with E-state index in [-0.39, 0.29) is 0 Å². The molecule has 2 nitrogen and oxygen atoms in total. The summed E-state index contributed by atoms with van der Waals surface area (Å²) in [6.07, 6.45) is 8.18. The Morgan fingerprint density at radius 1 is 1.17 bits per heavy atom. The Labute approximate surface area is 110 Å². The average Bonchev–Trinajstić information content (AvgIpc) is 2.47. The summed E-state index contributed by atoms with van der Waals surface area (Å²) < 4.78 is 0. The number of hydrogen-bond donors (Lipinski definition) is 1. The maximum atomic E-state index is 3.47. The maximum absolute atomic E-state index is 3.47. The summed E-state index contributed by atoms with van der Waals surface area (Å²) in [7, 11) is 2.30. The molecule has 2 aliphatic rings. The summed E-state index contributed by atoms with van der Waals surface area (Å²) in [6.45, 7) is 2.17. The van der Waals surface area contributed by atoms with Gasteiger partial charge in [-0.1, -0.05) is 31.4 Å². The summed E-state index contributed by atoms with van der Waals surface area (Å²) in [5.74, 6) is 0. The van der Waals surface area contributed by atoms with Crippen LogP contribution in [0.2, 0.25) is 0 Å². The molecule has 1 saturated carbocycles. The molecule has 1 aromatic rings. The minimum absolute atomic E-state index is 0.764. The number of rotatable bonds is 2. The maximum Gasteiger partial charge on any atom is 0.0402 e. The van der Waals surface area contributed by atoms with Gasteiger partial charge in [0, 0.05) is 25.3 Å². The molecular formula is C16H24N2. The molecule has 98 valence electrons. The molecule has 1 N–H and O–H groups in total. The van der Waals surface area contributed by atoms with Crippen LogP contribution in [0.4, 0.5) is 5.69 Å². The van der Waals surface area contributed by atoms with E-state index in [0.29, 0.717) is 0 Å². The second-order valence-electron chi connectivity index (χ2n) is 5.74. The molecule has 1 aliphatic carbocycles. The lowest BCUT2D eigenvalue weighted by Gasteiger charge is -2.35. The third kappa shape index (κ3) is 2.26. The molecule has 18 heavy (non-hydrogen) atoms. The molecule has 0 atom stereocenters. The van der Waals surface area contributed by atoms with E-state index < -0.39 is 0 Å². The van der Waals surface area contributed by atoms with Crippen LogP contribution in [0, 0.1) is 0 Å². The van der Waals surface area contributed by atoms with Crippen LogP contribution in [0.1, 0.15) is 43.2 Å². The van der Waals surface area contributed by atoms with Crippen LogP contribution in [-0.2, 0) is 13.0 Å². The zero-order chi connectivity index (χ0) is 12.4. The smallest absolute Gasteiger partial charge is 0.0402 e. The fourth-order valence-electron chi connectivity index (χ4n) is 3.51. The number of fused-ring (bicyclic) bond motifs is 1. The minimum atomic E-state index is 0.764. The van der Waals surface area contributed by atoms with Crippen molar-refractivity contribution in [3.8, 4) is 0 Å². The van der Waals surface area contributed by atoms with Gasteiger partial charge in [-0.05, 0) is 43.0 Å². The molecule has 1 aliphatic heterocycles. The predicted molar refractivity (Wildman–Crippen MR) is 77.1 cm³/mol. The molecule has 0 aromatic heterocycles. The Morgan fingerprint density at radius 2 is 2.00 bits per heavy atom. The lowest BCUT2D eigenvalue weighted by Crippen LogP contribution is -2.35. The van der Waals surface area contributed by atoms with Gasteiger partial charge in [0.2, 0.25) is 0 Å². The summed E-state index contributed by atoms with van der Waals surface area (Å²) in [4.78, 5) is 2.56. The lowest BCUT2D eigenvalue weighted by molar-refractivity contribution is 0.427. The van der Waals surface area contributed by atoms with E-state index in [2.05, 4.69) is 35.5 Å². The Hall–Kier alpha value is -1.02. The van der Waals surface area contributed by atoms with Gasteiger partial charge in [0.1, 0.15) is 0 Å². The van der Waals surface area contributed by atoms with Gasteiger partial charge in [0.15, 0.2) is 0 Å². The quantitative estimate of drug-likeness (QED) is 0.860.